The summed E-state index contributed by atoms with van der Waals surface area (Å²) in [6.45, 7) is 0. The normalized spacial score (nSPS) is 9.68. The van der Waals surface area contributed by atoms with Gasteiger partial charge < -0.3 is 0 Å². The van der Waals surface area contributed by atoms with Gasteiger partial charge in [0.1, 0.15) is 0 Å². The molecule has 7 nitrogen and oxygen atoms in total. The van der Waals surface area contributed by atoms with E-state index in [1.807, 2.05) is 0 Å². The van der Waals surface area contributed by atoms with Crippen LogP contribution in [0.1, 0.15) is 21.0 Å². The van der Waals surface area contributed by atoms with Gasteiger partial charge in [0.05, 0.1) is 0 Å². The van der Waals surface area contributed by atoms with Crippen molar-refractivity contribution in [1.29, 1.82) is 0 Å². The molecule has 0 unspecified atom stereocenters. The van der Waals surface area contributed by atoms with Crippen molar-refractivity contribution in [3.8, 4) is 0 Å². The van der Waals surface area contributed by atoms with Crippen LogP contribution in [0.3, 0.4) is 0 Å². The fraction of sp³-hybridized carbons (Fsp3) is 0. The average Bonchev–Trinajstić information content (AvgIpc) is 2.49. The summed E-state index contributed by atoms with van der Waals surface area (Å²) in [6.07, 6.45) is 2.83. The molecule has 96 valence electrons. The van der Waals surface area contributed by atoms with Crippen LogP contribution >= 0.6 is 0 Å². The number of aromatic nitrogens is 2. The maximum atomic E-state index is 11.3. The molecular formula is C12H8N2O5. The third kappa shape index (κ3) is 3.58. The maximum absolute atomic E-state index is 11.3. The van der Waals surface area contributed by atoms with Gasteiger partial charge in [-0.05, 0) is 24.3 Å². The molecule has 0 fully saturated rings. The van der Waals surface area contributed by atoms with E-state index >= 15 is 0 Å². The van der Waals surface area contributed by atoms with E-state index < -0.39 is 11.9 Å². The quantitative estimate of drug-likeness (QED) is 0.605. The molecular weight excluding hydrogens is 252 g/mol. The molecule has 0 atom stereocenters. The minimum absolute atomic E-state index is 0.0244. The molecule has 2 aromatic rings. The zero-order chi connectivity index (χ0) is 13.5. The monoisotopic (exact) mass is 260 g/mol. The van der Waals surface area contributed by atoms with E-state index in [2.05, 4.69) is 24.8 Å². The molecule has 0 radical (unpaired) electrons. The summed E-state index contributed by atoms with van der Waals surface area (Å²) in [6, 6.07) is 9.32. The third-order valence-electron chi connectivity index (χ3n) is 1.97. The topological polar surface area (TPSA) is 87.6 Å². The summed E-state index contributed by atoms with van der Waals surface area (Å²) in [5.41, 5.74) is 0.0489. The zero-order valence-electron chi connectivity index (χ0n) is 9.55. The molecule has 0 aliphatic heterocycles. The molecule has 2 rings (SSSR count). The SMILES string of the molecule is O=C(OOOC(=O)c1ccccn1)c1ccccn1. The van der Waals surface area contributed by atoms with Gasteiger partial charge in [-0.2, -0.15) is 0 Å². The number of nitrogens with zero attached hydrogens (tertiary/aromatic N) is 2. The van der Waals surface area contributed by atoms with Crippen molar-refractivity contribution in [2.45, 2.75) is 0 Å². The Bertz CT molecular complexity index is 507. The number of hydrogen-bond donors (Lipinski definition) is 0. The molecule has 7 heteroatoms. The maximum Gasteiger partial charge on any atom is 0.395 e. The Kier molecular flexibility index (Phi) is 4.14. The lowest BCUT2D eigenvalue weighted by Crippen LogP contribution is -2.12. The molecule has 0 aromatic carbocycles. The molecule has 0 bridgehead atoms. The molecule has 0 aliphatic rings. The summed E-state index contributed by atoms with van der Waals surface area (Å²) in [5, 5.41) is 4.09. The molecule has 2 heterocycles. The first-order valence-corrected chi connectivity index (χ1v) is 5.19. The van der Waals surface area contributed by atoms with E-state index in [4.69, 9.17) is 0 Å². The van der Waals surface area contributed by atoms with Gasteiger partial charge in [0.2, 0.25) is 0 Å². The van der Waals surface area contributed by atoms with Crippen LogP contribution in [0.25, 0.3) is 0 Å². The van der Waals surface area contributed by atoms with Gasteiger partial charge in [0, 0.05) is 17.4 Å². The van der Waals surface area contributed by atoms with Crippen LogP contribution in [0.2, 0.25) is 0 Å². The van der Waals surface area contributed by atoms with Crippen LogP contribution in [0.15, 0.2) is 48.8 Å². The van der Waals surface area contributed by atoms with Crippen molar-refractivity contribution in [3.05, 3.63) is 60.2 Å². The summed E-state index contributed by atoms with van der Waals surface area (Å²) in [7, 11) is 0. The zero-order valence-corrected chi connectivity index (χ0v) is 9.55. The van der Waals surface area contributed by atoms with Crippen molar-refractivity contribution < 1.29 is 24.4 Å². The first-order valence-electron chi connectivity index (χ1n) is 5.19. The van der Waals surface area contributed by atoms with Crippen molar-refractivity contribution in [3.63, 3.8) is 0 Å². The van der Waals surface area contributed by atoms with Crippen LogP contribution in [0, 0.1) is 0 Å². The van der Waals surface area contributed by atoms with E-state index in [0.717, 1.165) is 0 Å². The van der Waals surface area contributed by atoms with Crippen molar-refractivity contribution in [2.75, 3.05) is 0 Å². The highest BCUT2D eigenvalue weighted by Crippen LogP contribution is 2.00. The Morgan fingerprint density at radius 2 is 1.26 bits per heavy atom. The molecule has 0 spiro atoms. The summed E-state index contributed by atoms with van der Waals surface area (Å²) in [4.78, 5) is 38.6. The minimum atomic E-state index is -0.880. The second-order valence-electron chi connectivity index (χ2n) is 3.24. The van der Waals surface area contributed by atoms with Gasteiger partial charge in [-0.3, -0.25) is 9.78 Å². The van der Waals surface area contributed by atoms with E-state index in [-0.39, 0.29) is 11.4 Å². The number of hydrogen-bond acceptors (Lipinski definition) is 7. The molecule has 19 heavy (non-hydrogen) atoms. The molecule has 0 amide bonds. The van der Waals surface area contributed by atoms with E-state index in [1.54, 1.807) is 24.3 Å². The second-order valence-corrected chi connectivity index (χ2v) is 3.24. The Morgan fingerprint density at radius 1 is 0.789 bits per heavy atom. The van der Waals surface area contributed by atoms with Crippen molar-refractivity contribution in [1.82, 2.24) is 9.97 Å². The van der Waals surface area contributed by atoms with Gasteiger partial charge >= 0.3 is 11.9 Å². The standard InChI is InChI=1S/C12H8N2O5/c15-11(9-5-1-3-7-13-9)17-19-18-12(16)10-6-2-4-8-14-10/h1-8H. The predicted octanol–water partition coefficient (Wildman–Crippen LogP) is 1.34. The van der Waals surface area contributed by atoms with Crippen LogP contribution in [-0.2, 0) is 14.8 Å². The highest BCUT2D eigenvalue weighted by atomic mass is 17.5. The van der Waals surface area contributed by atoms with Gasteiger partial charge in [0.25, 0.3) is 0 Å². The number of pyridine rings is 2. The lowest BCUT2D eigenvalue weighted by atomic mass is 10.4. The Hall–Kier alpha value is -2.80. The molecule has 2 aromatic heterocycles. The van der Waals surface area contributed by atoms with Crippen LogP contribution in [0.5, 0.6) is 0 Å². The Labute approximate surface area is 107 Å². The van der Waals surface area contributed by atoms with E-state index in [9.17, 15) is 9.59 Å². The average molecular weight is 260 g/mol. The summed E-state index contributed by atoms with van der Waals surface area (Å²) in [5.74, 6) is -1.76. The fourth-order valence-electron chi connectivity index (χ4n) is 1.13. The first kappa shape index (κ1) is 12.7. The largest absolute Gasteiger partial charge is 0.395 e. The smallest absolute Gasteiger partial charge is 0.252 e. The lowest BCUT2D eigenvalue weighted by Gasteiger charge is -2.01. The van der Waals surface area contributed by atoms with Gasteiger partial charge in [-0.1, -0.05) is 12.1 Å². The third-order valence-corrected chi connectivity index (χ3v) is 1.97. The second kappa shape index (κ2) is 6.22. The van der Waals surface area contributed by atoms with Crippen molar-refractivity contribution >= 4 is 11.9 Å². The fourth-order valence-corrected chi connectivity index (χ4v) is 1.13. The van der Waals surface area contributed by atoms with Gasteiger partial charge in [-0.15, -0.1) is 0 Å². The number of carbonyl (C=O) groups excluding carboxylic acids is 2. The van der Waals surface area contributed by atoms with Crippen molar-refractivity contribution in [2.24, 2.45) is 0 Å². The number of rotatable bonds is 4. The van der Waals surface area contributed by atoms with Crippen LogP contribution in [-0.4, -0.2) is 21.9 Å². The molecule has 0 N–H and O–H groups in total. The van der Waals surface area contributed by atoms with Crippen LogP contribution < -0.4 is 0 Å². The van der Waals surface area contributed by atoms with E-state index in [1.165, 1.54) is 24.5 Å². The molecule has 0 saturated heterocycles. The molecule has 0 aliphatic carbocycles. The van der Waals surface area contributed by atoms with Gasteiger partial charge in [-0.25, -0.2) is 19.6 Å². The van der Waals surface area contributed by atoms with E-state index in [0.29, 0.717) is 0 Å². The summed E-state index contributed by atoms with van der Waals surface area (Å²) >= 11 is 0. The Balaban J connectivity index is 1.81. The minimum Gasteiger partial charge on any atom is -0.252 e. The summed E-state index contributed by atoms with van der Waals surface area (Å²) < 4.78 is 0. The predicted molar refractivity (Wildman–Crippen MR) is 60.4 cm³/mol. The number of carbonyl (C=O) groups is 2. The van der Waals surface area contributed by atoms with Crippen LogP contribution in [0.4, 0.5) is 0 Å². The Morgan fingerprint density at radius 3 is 1.63 bits per heavy atom. The molecule has 0 saturated carbocycles. The highest BCUT2D eigenvalue weighted by Gasteiger charge is 2.13. The highest BCUT2D eigenvalue weighted by molar-refractivity contribution is 5.87. The lowest BCUT2D eigenvalue weighted by molar-refractivity contribution is -0.446. The first-order chi connectivity index (χ1) is 9.27. The van der Waals surface area contributed by atoms with Gasteiger partial charge in [0.15, 0.2) is 11.4 Å².